The summed E-state index contributed by atoms with van der Waals surface area (Å²) in [5.41, 5.74) is -1.01. The molecule has 0 bridgehead atoms. The van der Waals surface area contributed by atoms with Gasteiger partial charge in [-0.3, -0.25) is 0 Å². The number of alkyl halides is 6. The number of carboxylic acids is 1. The Hall–Kier alpha value is -4.02. The smallest absolute Gasteiger partial charge is 0.416 e. The van der Waals surface area contributed by atoms with Crippen LogP contribution in [-0.4, -0.2) is 23.9 Å². The van der Waals surface area contributed by atoms with Crippen molar-refractivity contribution in [2.75, 3.05) is 6.61 Å². The molecule has 0 unspecified atom stereocenters. The lowest BCUT2D eigenvalue weighted by Crippen LogP contribution is -2.12. The highest BCUT2D eigenvalue weighted by Crippen LogP contribution is 2.36. The average Bonchev–Trinajstić information content (AvgIpc) is 2.80. The molecule has 184 valence electrons. The summed E-state index contributed by atoms with van der Waals surface area (Å²) in [4.78, 5) is 15.0. The maximum atomic E-state index is 13.0. The monoisotopic (exact) mass is 497 g/mol. The van der Waals surface area contributed by atoms with Crippen molar-refractivity contribution in [3.8, 4) is 16.9 Å². The highest BCUT2D eigenvalue weighted by molar-refractivity contribution is 5.80. The van der Waals surface area contributed by atoms with Crippen LogP contribution in [0, 0.1) is 0 Å². The zero-order valence-electron chi connectivity index (χ0n) is 17.7. The first-order chi connectivity index (χ1) is 16.4. The maximum absolute atomic E-state index is 13.0. The van der Waals surface area contributed by atoms with E-state index in [1.165, 1.54) is 12.3 Å². The van der Waals surface area contributed by atoms with E-state index in [2.05, 4.69) is 9.99 Å². The Labute approximate surface area is 195 Å². The summed E-state index contributed by atoms with van der Waals surface area (Å²) in [6, 6.07) is 14.7. The quantitative estimate of drug-likeness (QED) is 0.222. The lowest BCUT2D eigenvalue weighted by molar-refractivity contribution is -0.144. The van der Waals surface area contributed by atoms with E-state index in [0.717, 1.165) is 5.56 Å². The van der Waals surface area contributed by atoms with Gasteiger partial charge in [0.1, 0.15) is 12.4 Å². The second-order valence-corrected chi connectivity index (χ2v) is 7.25. The molecule has 11 heteroatoms. The molecule has 0 radical (unpaired) electrons. The van der Waals surface area contributed by atoms with Crippen LogP contribution in [0.1, 0.15) is 22.3 Å². The lowest BCUT2D eigenvalue weighted by Gasteiger charge is -2.15. The third-order valence-electron chi connectivity index (χ3n) is 4.60. The van der Waals surface area contributed by atoms with Crippen LogP contribution < -0.4 is 4.74 Å². The number of hydrogen-bond donors (Lipinski definition) is 1. The number of halogens is 6. The van der Waals surface area contributed by atoms with E-state index in [4.69, 9.17) is 9.84 Å². The number of nitrogens with zero attached hydrogens (tertiary/aromatic N) is 1. The average molecular weight is 497 g/mol. The summed E-state index contributed by atoms with van der Waals surface area (Å²) in [7, 11) is 0. The molecule has 0 saturated carbocycles. The minimum Gasteiger partial charge on any atom is -0.489 e. The molecule has 3 rings (SSSR count). The van der Waals surface area contributed by atoms with Crippen molar-refractivity contribution >= 4 is 12.2 Å². The van der Waals surface area contributed by atoms with Crippen molar-refractivity contribution in [2.24, 2.45) is 5.16 Å². The molecule has 0 aliphatic heterocycles. The van der Waals surface area contributed by atoms with Gasteiger partial charge in [-0.2, -0.15) is 26.3 Å². The number of carbonyl (C=O) groups is 1. The normalized spacial score (nSPS) is 12.1. The zero-order chi connectivity index (χ0) is 25.6. The largest absolute Gasteiger partial charge is 0.489 e. The SMILES string of the molecule is O=C(O)CO/N=C/c1ccc(-c2cccc(OCc3cc(C(F)(F)F)cc(C(F)(F)F)c3)c2)cc1. The first-order valence-electron chi connectivity index (χ1n) is 9.90. The van der Waals surface area contributed by atoms with Crippen molar-refractivity contribution in [3.63, 3.8) is 0 Å². The summed E-state index contributed by atoms with van der Waals surface area (Å²) in [5.74, 6) is -0.908. The van der Waals surface area contributed by atoms with Crippen molar-refractivity contribution in [2.45, 2.75) is 19.0 Å². The molecule has 35 heavy (non-hydrogen) atoms. The Morgan fingerprint density at radius 3 is 2.06 bits per heavy atom. The molecule has 0 amide bonds. The fourth-order valence-electron chi connectivity index (χ4n) is 2.99. The second kappa shape index (κ2) is 10.5. The highest BCUT2D eigenvalue weighted by atomic mass is 19.4. The number of rotatable bonds is 8. The van der Waals surface area contributed by atoms with Crippen molar-refractivity contribution in [1.82, 2.24) is 0 Å². The van der Waals surface area contributed by atoms with Gasteiger partial charge in [0, 0.05) is 0 Å². The van der Waals surface area contributed by atoms with E-state index in [1.807, 2.05) is 0 Å². The fraction of sp³-hybridized carbons (Fsp3) is 0.167. The summed E-state index contributed by atoms with van der Waals surface area (Å²) in [6.45, 7) is -1.07. The predicted molar refractivity (Wildman–Crippen MR) is 114 cm³/mol. The summed E-state index contributed by atoms with van der Waals surface area (Å²) < 4.78 is 83.7. The summed E-state index contributed by atoms with van der Waals surface area (Å²) in [5, 5.41) is 12.0. The van der Waals surface area contributed by atoms with Gasteiger partial charge < -0.3 is 14.7 Å². The Morgan fingerprint density at radius 2 is 1.49 bits per heavy atom. The van der Waals surface area contributed by atoms with Crippen LogP contribution in [0.2, 0.25) is 0 Å². The van der Waals surface area contributed by atoms with Crippen LogP contribution in [0.3, 0.4) is 0 Å². The molecule has 3 aromatic carbocycles. The van der Waals surface area contributed by atoms with Crippen LogP contribution >= 0.6 is 0 Å². The molecular formula is C24H17F6NO4. The van der Waals surface area contributed by atoms with Crippen molar-refractivity contribution < 1.29 is 45.8 Å². The topological polar surface area (TPSA) is 68.1 Å². The Kier molecular flexibility index (Phi) is 7.68. The van der Waals surface area contributed by atoms with E-state index in [1.54, 1.807) is 42.5 Å². The summed E-state index contributed by atoms with van der Waals surface area (Å²) in [6.07, 6.45) is -8.54. The van der Waals surface area contributed by atoms with Crippen LogP contribution in [0.4, 0.5) is 26.3 Å². The molecule has 0 fully saturated rings. The molecule has 0 spiro atoms. The Balaban J connectivity index is 1.73. The fourth-order valence-corrected chi connectivity index (χ4v) is 2.99. The van der Waals surface area contributed by atoms with Gasteiger partial charge >= 0.3 is 18.3 Å². The molecule has 0 saturated heterocycles. The molecule has 1 N–H and O–H groups in total. The third kappa shape index (κ3) is 7.49. The van der Waals surface area contributed by atoms with E-state index in [9.17, 15) is 31.1 Å². The van der Waals surface area contributed by atoms with Crippen LogP contribution in [0.15, 0.2) is 71.9 Å². The van der Waals surface area contributed by atoms with Gasteiger partial charge in [-0.05, 0) is 52.6 Å². The number of ether oxygens (including phenoxy) is 1. The van der Waals surface area contributed by atoms with Crippen molar-refractivity contribution in [1.29, 1.82) is 0 Å². The third-order valence-corrected chi connectivity index (χ3v) is 4.60. The van der Waals surface area contributed by atoms with Gasteiger partial charge in [0.05, 0.1) is 17.3 Å². The van der Waals surface area contributed by atoms with Crippen molar-refractivity contribution in [3.05, 3.63) is 89.0 Å². The second-order valence-electron chi connectivity index (χ2n) is 7.25. The molecule has 5 nitrogen and oxygen atoms in total. The van der Waals surface area contributed by atoms with Gasteiger partial charge in [-0.1, -0.05) is 41.6 Å². The molecular weight excluding hydrogens is 480 g/mol. The highest BCUT2D eigenvalue weighted by Gasteiger charge is 2.36. The Morgan fingerprint density at radius 1 is 0.857 bits per heavy atom. The Bertz CT molecular complexity index is 1170. The number of aliphatic carboxylic acids is 1. The molecule has 3 aromatic rings. The van der Waals surface area contributed by atoms with E-state index < -0.39 is 42.7 Å². The van der Waals surface area contributed by atoms with Gasteiger partial charge in [0.25, 0.3) is 0 Å². The van der Waals surface area contributed by atoms with Gasteiger partial charge in [-0.15, -0.1) is 0 Å². The van der Waals surface area contributed by atoms with Crippen LogP contribution in [-0.2, 0) is 28.6 Å². The number of hydrogen-bond acceptors (Lipinski definition) is 4. The van der Waals surface area contributed by atoms with Gasteiger partial charge in [-0.25, -0.2) is 4.79 Å². The van der Waals surface area contributed by atoms with Gasteiger partial charge in [0.15, 0.2) is 0 Å². The molecule has 0 atom stereocenters. The van der Waals surface area contributed by atoms with E-state index in [-0.39, 0.29) is 17.4 Å². The van der Waals surface area contributed by atoms with Gasteiger partial charge in [0.2, 0.25) is 6.61 Å². The zero-order valence-corrected chi connectivity index (χ0v) is 17.7. The first kappa shape index (κ1) is 25.6. The molecule has 0 aromatic heterocycles. The number of benzene rings is 3. The predicted octanol–water partition coefficient (Wildman–Crippen LogP) is 6.41. The molecule has 0 aliphatic rings. The minimum atomic E-state index is -4.94. The van der Waals surface area contributed by atoms with Crippen LogP contribution in [0.25, 0.3) is 11.1 Å². The van der Waals surface area contributed by atoms with E-state index >= 15 is 0 Å². The summed E-state index contributed by atoms with van der Waals surface area (Å²) >= 11 is 0. The maximum Gasteiger partial charge on any atom is 0.416 e. The minimum absolute atomic E-state index is 0.0662. The molecule has 0 aliphatic carbocycles. The lowest BCUT2D eigenvalue weighted by atomic mass is 10.0. The standard InChI is InChI=1S/C24H17F6NO4/c25-23(26,27)19-8-16(9-20(11-19)24(28,29)30)13-34-21-3-1-2-18(10-21)17-6-4-15(5-7-17)12-31-35-14-22(32)33/h1-12H,13-14H2,(H,32,33)/b31-12+. The van der Waals surface area contributed by atoms with E-state index in [0.29, 0.717) is 23.3 Å². The number of oxime groups is 1. The molecule has 0 heterocycles. The van der Waals surface area contributed by atoms with Crippen LogP contribution in [0.5, 0.6) is 5.75 Å². The number of carboxylic acid groups (broad SMARTS) is 1. The first-order valence-corrected chi connectivity index (χ1v) is 9.90.